The van der Waals surface area contributed by atoms with Crippen LogP contribution in [0.15, 0.2) is 48.5 Å². The highest BCUT2D eigenvalue weighted by Gasteiger charge is 2.50. The molecule has 174 valence electrons. The lowest BCUT2D eigenvalue weighted by atomic mass is 9.74. The molecule has 0 bridgehead atoms. The number of hydrogen-bond donors (Lipinski definition) is 2. The van der Waals surface area contributed by atoms with Crippen molar-refractivity contribution < 1.29 is 9.59 Å². The zero-order chi connectivity index (χ0) is 23.1. The molecule has 33 heavy (non-hydrogen) atoms. The number of fused-ring (bicyclic) bond motifs is 3. The van der Waals surface area contributed by atoms with Crippen LogP contribution in [0, 0.1) is 0 Å². The summed E-state index contributed by atoms with van der Waals surface area (Å²) in [7, 11) is 0. The maximum atomic E-state index is 13.5. The van der Waals surface area contributed by atoms with Crippen molar-refractivity contribution in [1.82, 2.24) is 4.90 Å². The van der Waals surface area contributed by atoms with Crippen molar-refractivity contribution >= 4 is 17.5 Å². The lowest BCUT2D eigenvalue weighted by Crippen LogP contribution is -2.59. The summed E-state index contributed by atoms with van der Waals surface area (Å²) in [5, 5.41) is 0. The Morgan fingerprint density at radius 2 is 1.64 bits per heavy atom. The average molecular weight is 447 g/mol. The molecular weight excluding hydrogens is 412 g/mol. The molecule has 6 heteroatoms. The predicted molar refractivity (Wildman–Crippen MR) is 130 cm³/mol. The van der Waals surface area contributed by atoms with Crippen molar-refractivity contribution in [2.45, 2.75) is 55.9 Å². The SMILES string of the molecule is NCC[C@]1(C(N)=O)Cc2ccccc2N1C(=O)CCN1CCC2(CCc3ccccc32)CC1. The molecule has 0 radical (unpaired) electrons. The van der Waals surface area contributed by atoms with Crippen LogP contribution in [0.25, 0.3) is 0 Å². The van der Waals surface area contributed by atoms with Gasteiger partial charge in [0.15, 0.2) is 0 Å². The summed E-state index contributed by atoms with van der Waals surface area (Å²) >= 11 is 0. The number of para-hydroxylation sites is 1. The molecule has 1 fully saturated rings. The van der Waals surface area contributed by atoms with E-state index in [-0.39, 0.29) is 5.91 Å². The third-order valence-corrected chi connectivity index (χ3v) is 8.33. The fourth-order valence-corrected chi connectivity index (χ4v) is 6.49. The fourth-order valence-electron chi connectivity index (χ4n) is 6.49. The van der Waals surface area contributed by atoms with Gasteiger partial charge in [0.05, 0.1) is 0 Å². The lowest BCUT2D eigenvalue weighted by Gasteiger charge is -2.41. The number of carbonyl (C=O) groups is 2. The molecule has 2 amide bonds. The molecule has 3 aliphatic rings. The Kier molecular flexibility index (Phi) is 5.75. The summed E-state index contributed by atoms with van der Waals surface area (Å²) in [5.74, 6) is -0.518. The second-order valence-electron chi connectivity index (χ2n) is 10.00. The van der Waals surface area contributed by atoms with Crippen molar-refractivity contribution in [1.29, 1.82) is 0 Å². The van der Waals surface area contributed by atoms with Crippen LogP contribution in [0.5, 0.6) is 0 Å². The second kappa shape index (κ2) is 8.58. The van der Waals surface area contributed by atoms with Crippen molar-refractivity contribution in [2.24, 2.45) is 11.5 Å². The van der Waals surface area contributed by atoms with Gasteiger partial charge >= 0.3 is 0 Å². The van der Waals surface area contributed by atoms with Gasteiger partial charge in [-0.05, 0) is 79.9 Å². The summed E-state index contributed by atoms with van der Waals surface area (Å²) in [5.41, 5.74) is 15.8. The zero-order valence-corrected chi connectivity index (χ0v) is 19.3. The van der Waals surface area contributed by atoms with E-state index in [0.717, 1.165) is 37.2 Å². The maximum Gasteiger partial charge on any atom is 0.244 e. The van der Waals surface area contributed by atoms with Crippen LogP contribution in [0.1, 0.15) is 48.8 Å². The smallest absolute Gasteiger partial charge is 0.244 e. The van der Waals surface area contributed by atoms with E-state index in [4.69, 9.17) is 11.5 Å². The third-order valence-electron chi connectivity index (χ3n) is 8.33. The van der Waals surface area contributed by atoms with Gasteiger partial charge in [0, 0.05) is 25.1 Å². The number of amides is 2. The minimum absolute atomic E-state index is 0.0429. The van der Waals surface area contributed by atoms with E-state index in [0.29, 0.717) is 37.8 Å². The highest BCUT2D eigenvalue weighted by molar-refractivity contribution is 6.06. The van der Waals surface area contributed by atoms with Gasteiger partial charge in [0.1, 0.15) is 5.54 Å². The molecule has 6 nitrogen and oxygen atoms in total. The van der Waals surface area contributed by atoms with Gasteiger partial charge < -0.3 is 16.4 Å². The number of rotatable bonds is 6. The van der Waals surface area contributed by atoms with Crippen molar-refractivity contribution in [3.05, 3.63) is 65.2 Å². The molecule has 1 spiro atoms. The first-order chi connectivity index (χ1) is 16.0. The number of nitrogens with zero attached hydrogens (tertiary/aromatic N) is 2. The Morgan fingerprint density at radius 3 is 2.36 bits per heavy atom. The van der Waals surface area contributed by atoms with Crippen molar-refractivity contribution in [3.63, 3.8) is 0 Å². The van der Waals surface area contributed by atoms with Crippen molar-refractivity contribution in [3.8, 4) is 0 Å². The Balaban J connectivity index is 1.27. The first kappa shape index (κ1) is 22.1. The number of aryl methyl sites for hydroxylation is 1. The topological polar surface area (TPSA) is 92.7 Å². The molecular formula is C27H34N4O2. The first-order valence-corrected chi connectivity index (χ1v) is 12.2. The number of nitrogens with two attached hydrogens (primary N) is 2. The van der Waals surface area contributed by atoms with Gasteiger partial charge in [-0.25, -0.2) is 0 Å². The van der Waals surface area contributed by atoms with Crippen LogP contribution in [0.3, 0.4) is 0 Å². The number of hydrogen-bond acceptors (Lipinski definition) is 4. The third kappa shape index (κ3) is 3.65. The lowest BCUT2D eigenvalue weighted by molar-refractivity contribution is -0.128. The molecule has 4 N–H and O–H groups in total. The number of benzene rings is 2. The number of carbonyl (C=O) groups excluding carboxylic acids is 2. The summed E-state index contributed by atoms with van der Waals surface area (Å²) < 4.78 is 0. The number of primary amides is 1. The van der Waals surface area contributed by atoms with Crippen LogP contribution < -0.4 is 16.4 Å². The van der Waals surface area contributed by atoms with Gasteiger partial charge in [0.2, 0.25) is 11.8 Å². The van der Waals surface area contributed by atoms with Gasteiger partial charge in [0.25, 0.3) is 0 Å². The minimum atomic E-state index is -1.06. The molecule has 2 aromatic rings. The van der Waals surface area contributed by atoms with E-state index >= 15 is 0 Å². The summed E-state index contributed by atoms with van der Waals surface area (Å²) in [6.07, 6.45) is 5.88. The van der Waals surface area contributed by atoms with Crippen LogP contribution >= 0.6 is 0 Å². The second-order valence-corrected chi connectivity index (χ2v) is 10.00. The molecule has 2 heterocycles. The van der Waals surface area contributed by atoms with Gasteiger partial charge in [-0.1, -0.05) is 42.5 Å². The average Bonchev–Trinajstić information content (AvgIpc) is 3.36. The van der Waals surface area contributed by atoms with Crippen LogP contribution in [-0.4, -0.2) is 48.4 Å². The molecule has 0 unspecified atom stereocenters. The molecule has 1 saturated heterocycles. The summed E-state index contributed by atoms with van der Waals surface area (Å²) in [4.78, 5) is 30.2. The summed E-state index contributed by atoms with van der Waals surface area (Å²) in [6.45, 7) is 3.01. The van der Waals surface area contributed by atoms with E-state index in [1.54, 1.807) is 10.5 Å². The quantitative estimate of drug-likeness (QED) is 0.713. The highest BCUT2D eigenvalue weighted by atomic mass is 16.2. The van der Waals surface area contributed by atoms with Crippen LogP contribution in [0.4, 0.5) is 5.69 Å². The van der Waals surface area contributed by atoms with E-state index in [1.807, 2.05) is 24.3 Å². The number of likely N-dealkylation sites (tertiary alicyclic amines) is 1. The molecule has 1 atom stereocenters. The summed E-state index contributed by atoms with van der Waals surface area (Å²) in [6, 6.07) is 16.6. The Labute approximate surface area is 195 Å². The molecule has 1 aliphatic carbocycles. The maximum absolute atomic E-state index is 13.5. The van der Waals surface area contributed by atoms with Gasteiger partial charge in [-0.2, -0.15) is 0 Å². The Morgan fingerprint density at radius 1 is 0.939 bits per heavy atom. The fraction of sp³-hybridized carbons (Fsp3) is 0.481. The normalized spacial score (nSPS) is 23.5. The van der Waals surface area contributed by atoms with E-state index in [9.17, 15) is 9.59 Å². The molecule has 0 aromatic heterocycles. The van der Waals surface area contributed by atoms with E-state index in [2.05, 4.69) is 29.2 Å². The highest BCUT2D eigenvalue weighted by Crippen LogP contribution is 2.46. The van der Waals surface area contributed by atoms with Gasteiger partial charge in [-0.15, -0.1) is 0 Å². The number of anilines is 1. The Hall–Kier alpha value is -2.70. The Bertz CT molecular complexity index is 1060. The minimum Gasteiger partial charge on any atom is -0.368 e. The zero-order valence-electron chi connectivity index (χ0n) is 19.3. The van der Waals surface area contributed by atoms with Crippen molar-refractivity contribution in [2.75, 3.05) is 31.1 Å². The van der Waals surface area contributed by atoms with Crippen LogP contribution in [0.2, 0.25) is 0 Å². The number of piperidine rings is 1. The monoisotopic (exact) mass is 446 g/mol. The van der Waals surface area contributed by atoms with Crippen LogP contribution in [-0.2, 0) is 27.8 Å². The molecule has 5 rings (SSSR count). The molecule has 2 aromatic carbocycles. The molecule has 2 aliphatic heterocycles. The molecule has 0 saturated carbocycles. The van der Waals surface area contributed by atoms with E-state index < -0.39 is 11.4 Å². The van der Waals surface area contributed by atoms with E-state index in [1.165, 1.54) is 18.4 Å². The van der Waals surface area contributed by atoms with Gasteiger partial charge in [-0.3, -0.25) is 14.5 Å². The predicted octanol–water partition coefficient (Wildman–Crippen LogP) is 2.52. The standard InChI is InChI=1S/C27H34N4O2/c28-15-12-27(25(29)33)19-21-6-2-4-8-23(21)31(27)24(32)10-16-30-17-13-26(14-18-30)11-9-20-5-1-3-7-22(20)26/h1-8H,9-19,28H2,(H2,29,33)/t27-/m1/s1. The first-order valence-electron chi connectivity index (χ1n) is 12.2. The largest absolute Gasteiger partial charge is 0.368 e.